The molecule has 1 fully saturated rings. The van der Waals surface area contributed by atoms with Crippen molar-refractivity contribution in [1.82, 2.24) is 9.55 Å². The van der Waals surface area contributed by atoms with E-state index in [0.29, 0.717) is 25.4 Å². The average molecular weight is 471 g/mol. The predicted octanol–water partition coefficient (Wildman–Crippen LogP) is 5.21. The van der Waals surface area contributed by atoms with Crippen LogP contribution in [0.1, 0.15) is 50.1 Å². The second kappa shape index (κ2) is 8.77. The van der Waals surface area contributed by atoms with Crippen LogP contribution in [0.25, 0.3) is 22.0 Å². The third kappa shape index (κ3) is 3.93. The van der Waals surface area contributed by atoms with Gasteiger partial charge in [-0.15, -0.1) is 0 Å². The van der Waals surface area contributed by atoms with Gasteiger partial charge in [-0.1, -0.05) is 19.9 Å². The Kier molecular flexibility index (Phi) is 5.76. The number of fused-ring (bicyclic) bond motifs is 2. The van der Waals surface area contributed by atoms with Crippen LogP contribution in [0.15, 0.2) is 45.6 Å². The highest BCUT2D eigenvalue weighted by Gasteiger charge is 2.37. The first-order valence-electron chi connectivity index (χ1n) is 12.2. The normalized spacial score (nSPS) is 15.5. The number of ether oxygens (including phenoxy) is 1. The summed E-state index contributed by atoms with van der Waals surface area (Å²) < 4.78 is 13.5. The molecule has 0 amide bonds. The number of anilines is 1. The molecule has 1 aliphatic rings. The van der Waals surface area contributed by atoms with Crippen molar-refractivity contribution in [2.75, 3.05) is 24.6 Å². The lowest BCUT2D eigenvalue weighted by atomic mass is 9.80. The minimum absolute atomic E-state index is 0.183. The third-order valence-electron chi connectivity index (χ3n) is 7.17. The number of aromatic nitrogens is 2. The van der Waals surface area contributed by atoms with E-state index in [1.807, 2.05) is 43.3 Å². The first-order valence-corrected chi connectivity index (χ1v) is 12.2. The van der Waals surface area contributed by atoms with E-state index in [1.165, 1.54) is 0 Å². The van der Waals surface area contributed by atoms with Crippen molar-refractivity contribution in [1.29, 1.82) is 5.26 Å². The number of oxazole rings is 1. The average Bonchev–Trinajstić information content (AvgIpc) is 3.29. The van der Waals surface area contributed by atoms with E-state index in [0.717, 1.165) is 58.5 Å². The summed E-state index contributed by atoms with van der Waals surface area (Å²) in [4.78, 5) is 20.1. The Morgan fingerprint density at radius 3 is 2.69 bits per heavy atom. The molecule has 0 N–H and O–H groups in total. The molecule has 2 aromatic carbocycles. The van der Waals surface area contributed by atoms with Gasteiger partial charge in [0.15, 0.2) is 5.58 Å². The summed E-state index contributed by atoms with van der Waals surface area (Å²) in [5, 5.41) is 10.8. The fourth-order valence-corrected chi connectivity index (χ4v) is 4.97. The molecule has 2 aromatic heterocycles. The quantitative estimate of drug-likeness (QED) is 0.398. The Hall–Kier alpha value is -3.79. The van der Waals surface area contributed by atoms with E-state index in [2.05, 4.69) is 24.8 Å². The number of benzene rings is 2. The van der Waals surface area contributed by atoms with E-state index < -0.39 is 0 Å². The van der Waals surface area contributed by atoms with Crippen molar-refractivity contribution in [3.8, 4) is 11.8 Å². The number of hydrogen-bond donors (Lipinski definition) is 0. The monoisotopic (exact) mass is 470 g/mol. The predicted molar refractivity (Wildman–Crippen MR) is 137 cm³/mol. The molecule has 35 heavy (non-hydrogen) atoms. The third-order valence-corrected chi connectivity index (χ3v) is 7.17. The van der Waals surface area contributed by atoms with Gasteiger partial charge in [0.2, 0.25) is 5.89 Å². The Bertz CT molecular complexity index is 1520. The molecule has 0 atom stereocenters. The Labute approximate surface area is 204 Å². The van der Waals surface area contributed by atoms with Crippen LogP contribution in [0, 0.1) is 18.3 Å². The largest absolute Gasteiger partial charge is 0.494 e. The van der Waals surface area contributed by atoms with Crippen LogP contribution in [0.5, 0.6) is 5.75 Å². The number of hydrogen-bond acceptors (Lipinski definition) is 6. The summed E-state index contributed by atoms with van der Waals surface area (Å²) in [6, 6.07) is 14.0. The van der Waals surface area contributed by atoms with Gasteiger partial charge >= 0.3 is 0 Å². The van der Waals surface area contributed by atoms with Gasteiger partial charge in [-0.3, -0.25) is 4.79 Å². The van der Waals surface area contributed by atoms with Gasteiger partial charge in [0.1, 0.15) is 22.9 Å². The summed E-state index contributed by atoms with van der Waals surface area (Å²) in [6.45, 7) is 8.29. The smallest absolute Gasteiger partial charge is 0.270 e. The van der Waals surface area contributed by atoms with Gasteiger partial charge in [-0.25, -0.2) is 4.98 Å². The Morgan fingerprint density at radius 1 is 1.20 bits per heavy atom. The van der Waals surface area contributed by atoms with E-state index in [-0.39, 0.29) is 16.5 Å². The number of piperidine rings is 1. The highest BCUT2D eigenvalue weighted by atomic mass is 16.5. The highest BCUT2D eigenvalue weighted by molar-refractivity contribution is 5.95. The topological polar surface area (TPSA) is 84.3 Å². The minimum atomic E-state index is -0.287. The van der Waals surface area contributed by atoms with Crippen LogP contribution in [-0.4, -0.2) is 29.2 Å². The fourth-order valence-electron chi connectivity index (χ4n) is 4.97. The van der Waals surface area contributed by atoms with Gasteiger partial charge in [-0.2, -0.15) is 5.26 Å². The van der Waals surface area contributed by atoms with Crippen LogP contribution in [0.2, 0.25) is 0 Å². The van der Waals surface area contributed by atoms with Crippen molar-refractivity contribution in [2.24, 2.45) is 7.05 Å². The number of aryl methyl sites for hydroxylation is 2. The van der Waals surface area contributed by atoms with Gasteiger partial charge in [0, 0.05) is 37.0 Å². The SMILES string of the molecule is CCCOc1ccc2c(N3CCC(C)(c4nc5cc(C)ccc5o4)CC3)c(C#N)c(=O)n(C)c2c1. The second-order valence-corrected chi connectivity index (χ2v) is 9.76. The lowest BCUT2D eigenvalue weighted by Crippen LogP contribution is -2.42. The van der Waals surface area contributed by atoms with E-state index in [4.69, 9.17) is 14.1 Å². The highest BCUT2D eigenvalue weighted by Crippen LogP contribution is 2.40. The van der Waals surface area contributed by atoms with Gasteiger partial charge < -0.3 is 18.6 Å². The molecular weight excluding hydrogens is 440 g/mol. The van der Waals surface area contributed by atoms with Crippen molar-refractivity contribution in [3.63, 3.8) is 0 Å². The van der Waals surface area contributed by atoms with Crippen molar-refractivity contribution in [3.05, 3.63) is 63.8 Å². The molecule has 0 spiro atoms. The maximum absolute atomic E-state index is 13.1. The first kappa shape index (κ1) is 23.0. The van der Waals surface area contributed by atoms with Crippen molar-refractivity contribution < 1.29 is 9.15 Å². The molecule has 0 aliphatic carbocycles. The molecule has 1 saturated heterocycles. The van der Waals surface area contributed by atoms with E-state index >= 15 is 0 Å². The molecule has 0 unspecified atom stereocenters. The number of nitriles is 1. The number of rotatable bonds is 5. The zero-order valence-electron chi connectivity index (χ0n) is 20.7. The Balaban J connectivity index is 1.50. The zero-order valence-corrected chi connectivity index (χ0v) is 20.7. The number of pyridine rings is 1. The van der Waals surface area contributed by atoms with Crippen LogP contribution < -0.4 is 15.2 Å². The molecule has 7 nitrogen and oxygen atoms in total. The first-order chi connectivity index (χ1) is 16.8. The molecule has 0 saturated carbocycles. The van der Waals surface area contributed by atoms with Gasteiger partial charge in [-0.05, 0) is 56.0 Å². The molecule has 0 bridgehead atoms. The summed E-state index contributed by atoms with van der Waals surface area (Å²) in [5.74, 6) is 1.48. The van der Waals surface area contributed by atoms with Crippen LogP contribution >= 0.6 is 0 Å². The van der Waals surface area contributed by atoms with E-state index in [1.54, 1.807) is 11.6 Å². The van der Waals surface area contributed by atoms with Gasteiger partial charge in [0.05, 0.1) is 17.8 Å². The summed E-state index contributed by atoms with van der Waals surface area (Å²) in [6.07, 6.45) is 2.51. The molecule has 1 aliphatic heterocycles. The molecule has 7 heteroatoms. The van der Waals surface area contributed by atoms with Crippen LogP contribution in [-0.2, 0) is 12.5 Å². The van der Waals surface area contributed by atoms with Gasteiger partial charge in [0.25, 0.3) is 5.56 Å². The van der Waals surface area contributed by atoms with Crippen molar-refractivity contribution in [2.45, 2.75) is 45.4 Å². The summed E-state index contributed by atoms with van der Waals surface area (Å²) >= 11 is 0. The second-order valence-electron chi connectivity index (χ2n) is 9.76. The molecule has 4 aromatic rings. The molecule has 3 heterocycles. The standard InChI is InChI=1S/C28H30N4O3/c1-5-14-34-19-7-8-20-23(16-19)31(4)26(33)21(17-29)25(20)32-12-10-28(3,11-13-32)27-30-22-15-18(2)6-9-24(22)35-27/h6-9,15-16H,5,10-14H2,1-4H3. The minimum Gasteiger partial charge on any atom is -0.494 e. The molecule has 5 rings (SSSR count). The molecular formula is C28H30N4O3. The Morgan fingerprint density at radius 2 is 1.97 bits per heavy atom. The molecule has 0 radical (unpaired) electrons. The number of nitrogens with zero attached hydrogens (tertiary/aromatic N) is 4. The summed E-state index contributed by atoms with van der Waals surface area (Å²) in [5.41, 5.74) is 4.00. The zero-order chi connectivity index (χ0) is 24.7. The maximum Gasteiger partial charge on any atom is 0.270 e. The maximum atomic E-state index is 13.1. The van der Waals surface area contributed by atoms with Crippen LogP contribution in [0.4, 0.5) is 5.69 Å². The fraction of sp³-hybridized carbons (Fsp3) is 0.393. The summed E-state index contributed by atoms with van der Waals surface area (Å²) in [7, 11) is 1.71. The molecule has 180 valence electrons. The van der Waals surface area contributed by atoms with E-state index in [9.17, 15) is 10.1 Å². The lowest BCUT2D eigenvalue weighted by molar-refractivity contribution is 0.292. The van der Waals surface area contributed by atoms with Crippen LogP contribution in [0.3, 0.4) is 0 Å². The van der Waals surface area contributed by atoms with Crippen molar-refractivity contribution >= 4 is 27.7 Å². The lowest BCUT2D eigenvalue weighted by Gasteiger charge is -2.39.